The standard InChI is InChI=1S/C26H19FN4O2/c27-19-9-10-20-17(13-19)8-11-21-26(15-28,25(29)33)22(18-7-4-12-30-14-18)23(31(20)21)24(32)16-5-2-1-3-6-16/h1-14,21-23H,(H2,29,33). The summed E-state index contributed by atoms with van der Waals surface area (Å²) in [5, 5.41) is 10.4. The number of Topliss-reactive ketones (excluding diaryl/α,β-unsaturated/α-hetero) is 1. The van der Waals surface area contributed by atoms with Crippen molar-refractivity contribution in [3.63, 3.8) is 0 Å². The smallest absolute Gasteiger partial charge is 0.241 e. The van der Waals surface area contributed by atoms with Gasteiger partial charge < -0.3 is 10.6 Å². The molecule has 162 valence electrons. The fourth-order valence-corrected chi connectivity index (χ4v) is 5.16. The number of primary amides is 1. The van der Waals surface area contributed by atoms with Gasteiger partial charge in [0, 0.05) is 35.1 Å². The molecule has 0 radical (unpaired) electrons. The molecule has 2 aliphatic heterocycles. The normalized spacial score (nSPS) is 25.1. The molecule has 1 amide bonds. The Kier molecular flexibility index (Phi) is 4.79. The number of carbonyl (C=O) groups excluding carboxylic acids is 2. The lowest BCUT2D eigenvalue weighted by atomic mass is 9.68. The number of ketones is 1. The lowest BCUT2D eigenvalue weighted by Gasteiger charge is -2.36. The number of anilines is 1. The van der Waals surface area contributed by atoms with Gasteiger partial charge in [0.2, 0.25) is 5.91 Å². The first-order valence-electron chi connectivity index (χ1n) is 10.5. The van der Waals surface area contributed by atoms with Gasteiger partial charge in [-0.2, -0.15) is 5.26 Å². The van der Waals surface area contributed by atoms with Crippen LogP contribution in [0.1, 0.15) is 27.4 Å². The van der Waals surface area contributed by atoms with Gasteiger partial charge in [-0.05, 0) is 29.8 Å². The number of fused-ring (bicyclic) bond motifs is 3. The SMILES string of the molecule is N#CC1(C(N)=O)C(c2cccnc2)C(C(=O)c2ccccc2)N2c3ccc(F)cc3C=CC21. The van der Waals surface area contributed by atoms with Crippen molar-refractivity contribution in [2.45, 2.75) is 18.0 Å². The first-order valence-corrected chi connectivity index (χ1v) is 10.5. The van der Waals surface area contributed by atoms with Gasteiger partial charge in [-0.1, -0.05) is 48.6 Å². The maximum Gasteiger partial charge on any atom is 0.241 e. The average molecular weight is 438 g/mol. The molecule has 2 aliphatic rings. The van der Waals surface area contributed by atoms with Crippen LogP contribution >= 0.6 is 0 Å². The number of nitrogens with two attached hydrogens (primary N) is 1. The predicted octanol–water partition coefficient (Wildman–Crippen LogP) is 3.47. The van der Waals surface area contributed by atoms with E-state index in [1.807, 2.05) is 0 Å². The number of rotatable bonds is 4. The predicted molar refractivity (Wildman–Crippen MR) is 120 cm³/mol. The fourth-order valence-electron chi connectivity index (χ4n) is 5.16. The van der Waals surface area contributed by atoms with E-state index in [0.29, 0.717) is 22.4 Å². The number of aromatic nitrogens is 1. The number of pyridine rings is 1. The number of nitriles is 1. The molecule has 4 unspecified atom stereocenters. The van der Waals surface area contributed by atoms with Crippen molar-refractivity contribution >= 4 is 23.5 Å². The number of benzene rings is 2. The van der Waals surface area contributed by atoms with Gasteiger partial charge in [-0.3, -0.25) is 14.6 Å². The molecule has 33 heavy (non-hydrogen) atoms. The molecule has 1 aromatic heterocycles. The summed E-state index contributed by atoms with van der Waals surface area (Å²) in [5.41, 5.74) is 6.27. The summed E-state index contributed by atoms with van der Waals surface area (Å²) in [6.45, 7) is 0. The van der Waals surface area contributed by atoms with Gasteiger partial charge in [0.15, 0.2) is 11.2 Å². The van der Waals surface area contributed by atoms with E-state index >= 15 is 0 Å². The van der Waals surface area contributed by atoms with Crippen molar-refractivity contribution in [2.75, 3.05) is 4.90 Å². The fraction of sp³-hybridized carbons (Fsp3) is 0.154. The van der Waals surface area contributed by atoms with Crippen molar-refractivity contribution in [1.82, 2.24) is 4.98 Å². The average Bonchev–Trinajstić information content (AvgIpc) is 3.16. The van der Waals surface area contributed by atoms with E-state index in [1.54, 1.807) is 78.0 Å². The van der Waals surface area contributed by atoms with Crippen molar-refractivity contribution < 1.29 is 14.0 Å². The molecule has 0 saturated carbocycles. The Bertz CT molecular complexity index is 1320. The zero-order valence-corrected chi connectivity index (χ0v) is 17.4. The molecule has 3 heterocycles. The van der Waals surface area contributed by atoms with E-state index in [4.69, 9.17) is 5.73 Å². The third-order valence-electron chi connectivity index (χ3n) is 6.56. The summed E-state index contributed by atoms with van der Waals surface area (Å²) in [4.78, 5) is 32.9. The molecule has 1 fully saturated rings. The molecule has 7 heteroatoms. The Labute approximate surface area is 189 Å². The van der Waals surface area contributed by atoms with E-state index in [2.05, 4.69) is 11.1 Å². The number of amides is 1. The van der Waals surface area contributed by atoms with E-state index in [-0.39, 0.29) is 5.78 Å². The van der Waals surface area contributed by atoms with Crippen LogP contribution in [0.4, 0.5) is 10.1 Å². The molecule has 6 nitrogen and oxygen atoms in total. The number of halogens is 1. The second kappa shape index (κ2) is 7.68. The highest BCUT2D eigenvalue weighted by Crippen LogP contribution is 2.55. The first-order chi connectivity index (χ1) is 16.0. The third-order valence-corrected chi connectivity index (χ3v) is 6.56. The Balaban J connectivity index is 1.81. The molecule has 5 rings (SSSR count). The molecule has 4 atom stereocenters. The van der Waals surface area contributed by atoms with E-state index < -0.39 is 35.1 Å². The minimum Gasteiger partial charge on any atom is -0.368 e. The second-order valence-corrected chi connectivity index (χ2v) is 8.20. The molecule has 0 spiro atoms. The number of carbonyl (C=O) groups is 2. The van der Waals surface area contributed by atoms with Gasteiger partial charge >= 0.3 is 0 Å². The molecule has 2 aromatic carbocycles. The monoisotopic (exact) mass is 438 g/mol. The summed E-state index contributed by atoms with van der Waals surface area (Å²) in [5.74, 6) is -2.41. The van der Waals surface area contributed by atoms with Crippen molar-refractivity contribution in [1.29, 1.82) is 5.26 Å². The number of hydrogen-bond acceptors (Lipinski definition) is 5. The van der Waals surface area contributed by atoms with Crippen LogP contribution in [-0.2, 0) is 4.79 Å². The van der Waals surface area contributed by atoms with Crippen LogP contribution in [0.2, 0.25) is 0 Å². The van der Waals surface area contributed by atoms with Crippen molar-refractivity contribution in [3.05, 3.63) is 102 Å². The van der Waals surface area contributed by atoms with Gasteiger partial charge in [0.1, 0.15) is 11.9 Å². The van der Waals surface area contributed by atoms with Crippen LogP contribution in [0.15, 0.2) is 79.1 Å². The van der Waals surface area contributed by atoms with Crippen LogP contribution in [0.25, 0.3) is 6.08 Å². The molecule has 0 bridgehead atoms. The largest absolute Gasteiger partial charge is 0.368 e. The van der Waals surface area contributed by atoms with Crippen LogP contribution < -0.4 is 10.6 Å². The van der Waals surface area contributed by atoms with Crippen molar-refractivity contribution in [3.8, 4) is 6.07 Å². The Hall–Kier alpha value is -4.31. The van der Waals surface area contributed by atoms with Gasteiger partial charge in [0.25, 0.3) is 0 Å². The van der Waals surface area contributed by atoms with Crippen LogP contribution in [-0.4, -0.2) is 28.8 Å². The van der Waals surface area contributed by atoms with E-state index in [1.165, 1.54) is 12.1 Å². The van der Waals surface area contributed by atoms with Gasteiger partial charge in [0.05, 0.1) is 12.1 Å². The highest BCUT2D eigenvalue weighted by atomic mass is 19.1. The molecule has 3 aromatic rings. The second-order valence-electron chi connectivity index (χ2n) is 8.20. The lowest BCUT2D eigenvalue weighted by Crippen LogP contribution is -2.49. The maximum absolute atomic E-state index is 14.0. The Morgan fingerprint density at radius 2 is 1.91 bits per heavy atom. The highest BCUT2D eigenvalue weighted by molar-refractivity contribution is 6.06. The molecular formula is C26H19FN4O2. The first kappa shape index (κ1) is 20.6. The zero-order valence-electron chi connectivity index (χ0n) is 17.4. The zero-order chi connectivity index (χ0) is 23.2. The summed E-state index contributed by atoms with van der Waals surface area (Å²) < 4.78 is 14.0. The van der Waals surface area contributed by atoms with Crippen LogP contribution in [0.3, 0.4) is 0 Å². The van der Waals surface area contributed by atoms with Crippen molar-refractivity contribution in [2.24, 2.45) is 11.1 Å². The van der Waals surface area contributed by atoms with Gasteiger partial charge in [-0.25, -0.2) is 4.39 Å². The highest BCUT2D eigenvalue weighted by Gasteiger charge is 2.65. The Morgan fingerprint density at radius 3 is 2.58 bits per heavy atom. The number of nitrogens with zero attached hydrogens (tertiary/aromatic N) is 3. The maximum atomic E-state index is 14.0. The van der Waals surface area contributed by atoms with Crippen LogP contribution in [0, 0.1) is 22.6 Å². The summed E-state index contributed by atoms with van der Waals surface area (Å²) in [6.07, 6.45) is 6.47. The third kappa shape index (κ3) is 2.95. The summed E-state index contributed by atoms with van der Waals surface area (Å²) in [7, 11) is 0. The molecular weight excluding hydrogens is 419 g/mol. The quantitative estimate of drug-likeness (QED) is 0.629. The Morgan fingerprint density at radius 1 is 1.12 bits per heavy atom. The van der Waals surface area contributed by atoms with Gasteiger partial charge in [-0.15, -0.1) is 0 Å². The van der Waals surface area contributed by atoms with E-state index in [0.717, 1.165) is 0 Å². The molecule has 1 saturated heterocycles. The molecule has 2 N–H and O–H groups in total. The van der Waals surface area contributed by atoms with E-state index in [9.17, 15) is 19.2 Å². The van der Waals surface area contributed by atoms with Crippen LogP contribution in [0.5, 0.6) is 0 Å². The lowest BCUT2D eigenvalue weighted by molar-refractivity contribution is -0.125. The summed E-state index contributed by atoms with van der Waals surface area (Å²) >= 11 is 0. The molecule has 0 aliphatic carbocycles. The summed E-state index contributed by atoms with van der Waals surface area (Å²) in [6, 6.07) is 16.8. The topological polar surface area (TPSA) is 100 Å². The number of hydrogen-bond donors (Lipinski definition) is 1. The minimum absolute atomic E-state index is 0.265. The minimum atomic E-state index is -1.75.